The molecule has 0 atom stereocenters. The predicted molar refractivity (Wildman–Crippen MR) is 141 cm³/mol. The van der Waals surface area contributed by atoms with Crippen LogP contribution in [-0.4, -0.2) is 54.6 Å². The van der Waals surface area contributed by atoms with Crippen molar-refractivity contribution in [1.29, 1.82) is 0 Å². The normalized spacial score (nSPS) is 13.5. The highest BCUT2D eigenvalue weighted by Gasteiger charge is 2.21. The molecule has 0 aromatic heterocycles. The zero-order valence-electron chi connectivity index (χ0n) is 20.2. The lowest BCUT2D eigenvalue weighted by molar-refractivity contribution is -0.132. The van der Waals surface area contributed by atoms with Crippen LogP contribution in [0, 0.1) is 5.92 Å². The van der Waals surface area contributed by atoms with Gasteiger partial charge in [-0.15, -0.1) is 0 Å². The summed E-state index contributed by atoms with van der Waals surface area (Å²) >= 11 is 5.32. The first-order chi connectivity index (χ1) is 16.4. The molecule has 7 nitrogen and oxygen atoms in total. The molecule has 1 saturated heterocycles. The molecule has 8 heteroatoms. The molecule has 1 heterocycles. The van der Waals surface area contributed by atoms with Crippen LogP contribution in [0.4, 0.5) is 11.4 Å². The van der Waals surface area contributed by atoms with Crippen LogP contribution in [-0.2, 0) is 4.79 Å². The molecular formula is C26H34N4O3S. The van der Waals surface area contributed by atoms with Gasteiger partial charge in [-0.2, -0.15) is 0 Å². The summed E-state index contributed by atoms with van der Waals surface area (Å²) in [4.78, 5) is 29.0. The molecule has 0 saturated carbocycles. The fourth-order valence-corrected chi connectivity index (χ4v) is 3.94. The molecule has 2 aromatic rings. The molecule has 3 rings (SSSR count). The number of carbonyl (C=O) groups excluding carboxylic acids is 2. The van der Waals surface area contributed by atoms with Crippen LogP contribution < -0.4 is 20.3 Å². The zero-order chi connectivity index (χ0) is 24.5. The largest absolute Gasteiger partial charge is 0.494 e. The molecule has 1 fully saturated rings. The third-order valence-corrected chi connectivity index (χ3v) is 5.71. The summed E-state index contributed by atoms with van der Waals surface area (Å²) in [6, 6.07) is 15.0. The second-order valence-corrected chi connectivity index (χ2v) is 9.21. The molecule has 1 aliphatic rings. The fraction of sp³-hybridized carbons (Fsp3) is 0.423. The number of benzene rings is 2. The summed E-state index contributed by atoms with van der Waals surface area (Å²) in [7, 11) is 0. The van der Waals surface area contributed by atoms with E-state index in [2.05, 4.69) is 29.4 Å². The van der Waals surface area contributed by atoms with Gasteiger partial charge in [-0.3, -0.25) is 14.9 Å². The van der Waals surface area contributed by atoms with Gasteiger partial charge < -0.3 is 19.9 Å². The van der Waals surface area contributed by atoms with Gasteiger partial charge in [-0.05, 0) is 67.0 Å². The zero-order valence-corrected chi connectivity index (χ0v) is 21.0. The standard InChI is InChI=1S/C26H34N4O3S/c1-4-16-33-23-7-5-6-20(18-23)25(32)28-26(34)27-21-8-10-22(11-9-21)29-12-14-30(15-13-29)24(31)17-19(2)3/h5-11,18-19H,4,12-17H2,1-3H3,(H2,27,28,32,34). The number of piperazine rings is 1. The van der Waals surface area contributed by atoms with Crippen LogP contribution in [0.5, 0.6) is 5.75 Å². The van der Waals surface area contributed by atoms with Crippen LogP contribution in [0.25, 0.3) is 0 Å². The number of amides is 2. The smallest absolute Gasteiger partial charge is 0.257 e. The number of nitrogens with zero attached hydrogens (tertiary/aromatic N) is 2. The van der Waals surface area contributed by atoms with E-state index in [0.717, 1.165) is 44.0 Å². The number of thiocarbonyl (C=S) groups is 1. The quantitative estimate of drug-likeness (QED) is 0.547. The van der Waals surface area contributed by atoms with Gasteiger partial charge >= 0.3 is 0 Å². The number of rotatable bonds is 8. The lowest BCUT2D eigenvalue weighted by atomic mass is 10.1. The van der Waals surface area contributed by atoms with E-state index in [1.54, 1.807) is 18.2 Å². The van der Waals surface area contributed by atoms with Crippen molar-refractivity contribution in [3.63, 3.8) is 0 Å². The summed E-state index contributed by atoms with van der Waals surface area (Å²) in [6.07, 6.45) is 1.51. The van der Waals surface area contributed by atoms with Crippen molar-refractivity contribution in [3.8, 4) is 5.75 Å². The van der Waals surface area contributed by atoms with Crippen LogP contribution in [0.2, 0.25) is 0 Å². The molecule has 2 N–H and O–H groups in total. The van der Waals surface area contributed by atoms with Crippen LogP contribution >= 0.6 is 12.2 Å². The Bertz CT molecular complexity index is 986. The number of hydrogen-bond donors (Lipinski definition) is 2. The lowest BCUT2D eigenvalue weighted by Crippen LogP contribution is -2.49. The lowest BCUT2D eigenvalue weighted by Gasteiger charge is -2.36. The summed E-state index contributed by atoms with van der Waals surface area (Å²) < 4.78 is 5.59. The monoisotopic (exact) mass is 482 g/mol. The predicted octanol–water partition coefficient (Wildman–Crippen LogP) is 4.30. The highest BCUT2D eigenvalue weighted by molar-refractivity contribution is 7.80. The number of carbonyl (C=O) groups is 2. The minimum Gasteiger partial charge on any atom is -0.494 e. The third kappa shape index (κ3) is 7.45. The summed E-state index contributed by atoms with van der Waals surface area (Å²) in [5, 5.41) is 6.00. The topological polar surface area (TPSA) is 73.9 Å². The maximum Gasteiger partial charge on any atom is 0.257 e. The Hall–Kier alpha value is -3.13. The van der Waals surface area contributed by atoms with Gasteiger partial charge in [-0.1, -0.05) is 26.8 Å². The van der Waals surface area contributed by atoms with Gasteiger partial charge in [0.25, 0.3) is 5.91 Å². The van der Waals surface area contributed by atoms with E-state index in [-0.39, 0.29) is 16.9 Å². The van der Waals surface area contributed by atoms with Crippen molar-refractivity contribution in [2.24, 2.45) is 5.92 Å². The molecule has 34 heavy (non-hydrogen) atoms. The van der Waals surface area contributed by atoms with Gasteiger partial charge in [0.15, 0.2) is 5.11 Å². The Balaban J connectivity index is 1.48. The number of hydrogen-bond acceptors (Lipinski definition) is 5. The van der Waals surface area contributed by atoms with Crippen LogP contribution in [0.15, 0.2) is 48.5 Å². The molecule has 2 amide bonds. The van der Waals surface area contributed by atoms with Crippen molar-refractivity contribution in [2.45, 2.75) is 33.6 Å². The molecule has 182 valence electrons. The Kier molecular flexibility index (Phi) is 9.27. The van der Waals surface area contributed by atoms with Crippen molar-refractivity contribution in [3.05, 3.63) is 54.1 Å². The maximum atomic E-state index is 12.5. The molecule has 0 unspecified atom stereocenters. The fourth-order valence-electron chi connectivity index (χ4n) is 3.73. The molecule has 0 radical (unpaired) electrons. The first kappa shape index (κ1) is 25.5. The Morgan fingerprint density at radius 1 is 1.06 bits per heavy atom. The van der Waals surface area contributed by atoms with E-state index >= 15 is 0 Å². The van der Waals surface area contributed by atoms with Gasteiger partial charge in [-0.25, -0.2) is 0 Å². The minimum atomic E-state index is -0.291. The first-order valence-electron chi connectivity index (χ1n) is 11.8. The minimum absolute atomic E-state index is 0.231. The summed E-state index contributed by atoms with van der Waals surface area (Å²) in [5.41, 5.74) is 2.37. The van der Waals surface area contributed by atoms with E-state index in [0.29, 0.717) is 30.3 Å². The van der Waals surface area contributed by atoms with Gasteiger partial charge in [0.2, 0.25) is 5.91 Å². The van der Waals surface area contributed by atoms with Crippen molar-refractivity contribution >= 4 is 40.5 Å². The summed E-state index contributed by atoms with van der Waals surface area (Å²) in [6.45, 7) is 9.89. The highest BCUT2D eigenvalue weighted by atomic mass is 32.1. The average Bonchev–Trinajstić information content (AvgIpc) is 2.83. The SMILES string of the molecule is CCCOc1cccc(C(=O)NC(=S)Nc2ccc(N3CCN(C(=O)CC(C)C)CC3)cc2)c1. The van der Waals surface area contributed by atoms with Crippen LogP contribution in [0.1, 0.15) is 44.0 Å². The first-order valence-corrected chi connectivity index (χ1v) is 12.2. The van der Waals surface area contributed by atoms with Crippen molar-refractivity contribution in [2.75, 3.05) is 43.0 Å². The van der Waals surface area contributed by atoms with Gasteiger partial charge in [0, 0.05) is 49.5 Å². The average molecular weight is 483 g/mol. The third-order valence-electron chi connectivity index (χ3n) is 5.50. The number of nitrogens with one attached hydrogen (secondary N) is 2. The van der Waals surface area contributed by atoms with E-state index in [9.17, 15) is 9.59 Å². The second kappa shape index (κ2) is 12.4. The number of ether oxygens (including phenoxy) is 1. The van der Waals surface area contributed by atoms with Gasteiger partial charge in [0.1, 0.15) is 5.75 Å². The molecule has 0 bridgehead atoms. The van der Waals surface area contributed by atoms with E-state index in [1.165, 1.54) is 0 Å². The van der Waals surface area contributed by atoms with E-state index < -0.39 is 0 Å². The summed E-state index contributed by atoms with van der Waals surface area (Å²) in [5.74, 6) is 0.992. The molecule has 2 aromatic carbocycles. The Labute approximate surface area is 207 Å². The molecule has 1 aliphatic heterocycles. The van der Waals surface area contributed by atoms with E-state index in [4.69, 9.17) is 17.0 Å². The van der Waals surface area contributed by atoms with Crippen molar-refractivity contribution < 1.29 is 14.3 Å². The second-order valence-electron chi connectivity index (χ2n) is 8.80. The van der Waals surface area contributed by atoms with E-state index in [1.807, 2.05) is 42.2 Å². The molecule has 0 spiro atoms. The molecule has 0 aliphatic carbocycles. The molecular weight excluding hydrogens is 448 g/mol. The number of anilines is 2. The van der Waals surface area contributed by atoms with Crippen LogP contribution in [0.3, 0.4) is 0 Å². The van der Waals surface area contributed by atoms with Gasteiger partial charge in [0.05, 0.1) is 6.61 Å². The Morgan fingerprint density at radius 2 is 1.76 bits per heavy atom. The highest BCUT2D eigenvalue weighted by Crippen LogP contribution is 2.20. The Morgan fingerprint density at radius 3 is 2.41 bits per heavy atom. The maximum absolute atomic E-state index is 12.5. The van der Waals surface area contributed by atoms with Crippen molar-refractivity contribution in [1.82, 2.24) is 10.2 Å².